The van der Waals surface area contributed by atoms with E-state index < -0.39 is 0 Å². The molecule has 3 N–H and O–H groups in total. The number of thioether (sulfide) groups is 1. The molecule has 0 aliphatic heterocycles. The Morgan fingerprint density at radius 2 is 1.68 bits per heavy atom. The highest BCUT2D eigenvalue weighted by Gasteiger charge is 2.07. The molecule has 6 heteroatoms. The number of carbonyl (C=O) groups excluding carboxylic acids is 1. The van der Waals surface area contributed by atoms with E-state index in [0.717, 1.165) is 4.90 Å². The minimum absolute atomic E-state index is 0.0999. The molecule has 1 amide bonds. The number of rotatable bonds is 6. The second-order valence-electron chi connectivity index (χ2n) is 4.51. The number of amides is 1. The largest absolute Gasteiger partial charge is 0.497 e. The number of hydrogen-bond donors (Lipinski definition) is 2. The first kappa shape index (κ1) is 16.0. The van der Waals surface area contributed by atoms with E-state index in [1.807, 2.05) is 24.3 Å². The van der Waals surface area contributed by atoms with Crippen molar-refractivity contribution in [2.75, 3.05) is 31.0 Å². The Labute approximate surface area is 133 Å². The quantitative estimate of drug-likeness (QED) is 0.632. The van der Waals surface area contributed by atoms with Gasteiger partial charge in [-0.15, -0.1) is 11.8 Å². The van der Waals surface area contributed by atoms with Gasteiger partial charge in [0, 0.05) is 34.5 Å². The van der Waals surface area contributed by atoms with Crippen molar-refractivity contribution in [2.24, 2.45) is 0 Å². The van der Waals surface area contributed by atoms with E-state index >= 15 is 0 Å². The fourth-order valence-electron chi connectivity index (χ4n) is 1.79. The number of nitrogen functional groups attached to an aromatic ring is 1. The van der Waals surface area contributed by atoms with Crippen molar-refractivity contribution < 1.29 is 14.3 Å². The molecule has 0 atom stereocenters. The number of anilines is 2. The Morgan fingerprint density at radius 3 is 2.23 bits per heavy atom. The molecule has 2 aromatic carbocycles. The summed E-state index contributed by atoms with van der Waals surface area (Å²) in [7, 11) is 3.13. The average Bonchev–Trinajstić information content (AvgIpc) is 2.54. The lowest BCUT2D eigenvalue weighted by atomic mass is 10.2. The predicted octanol–water partition coefficient (Wildman–Crippen LogP) is 3.02. The SMILES string of the molecule is COc1cc(NC(=O)CSc2ccc(N)cc2)cc(OC)c1. The van der Waals surface area contributed by atoms with Crippen molar-refractivity contribution in [2.45, 2.75) is 4.90 Å². The molecule has 0 radical (unpaired) electrons. The van der Waals surface area contributed by atoms with E-state index in [9.17, 15) is 4.79 Å². The van der Waals surface area contributed by atoms with Crippen LogP contribution in [0.3, 0.4) is 0 Å². The maximum absolute atomic E-state index is 12.0. The van der Waals surface area contributed by atoms with Crippen LogP contribution in [0.25, 0.3) is 0 Å². The van der Waals surface area contributed by atoms with E-state index in [4.69, 9.17) is 15.2 Å². The summed E-state index contributed by atoms with van der Waals surface area (Å²) in [5.41, 5.74) is 6.97. The molecular weight excluding hydrogens is 300 g/mol. The zero-order valence-corrected chi connectivity index (χ0v) is 13.3. The normalized spacial score (nSPS) is 10.1. The molecule has 5 nitrogen and oxygen atoms in total. The van der Waals surface area contributed by atoms with Gasteiger partial charge in [-0.25, -0.2) is 0 Å². The van der Waals surface area contributed by atoms with Crippen LogP contribution in [-0.4, -0.2) is 25.9 Å². The van der Waals surface area contributed by atoms with Gasteiger partial charge in [0.05, 0.1) is 20.0 Å². The van der Waals surface area contributed by atoms with Gasteiger partial charge in [0.15, 0.2) is 0 Å². The minimum atomic E-state index is -0.0999. The Hall–Kier alpha value is -2.34. The number of nitrogens with two attached hydrogens (primary N) is 1. The van der Waals surface area contributed by atoms with Gasteiger partial charge >= 0.3 is 0 Å². The molecule has 22 heavy (non-hydrogen) atoms. The molecule has 0 saturated heterocycles. The molecule has 2 rings (SSSR count). The van der Waals surface area contributed by atoms with E-state index in [0.29, 0.717) is 28.6 Å². The summed E-state index contributed by atoms with van der Waals surface area (Å²) in [5, 5.41) is 2.83. The number of carbonyl (C=O) groups is 1. The second-order valence-corrected chi connectivity index (χ2v) is 5.56. The third-order valence-electron chi connectivity index (χ3n) is 2.89. The number of methoxy groups -OCH3 is 2. The number of ether oxygens (including phenoxy) is 2. The van der Waals surface area contributed by atoms with Gasteiger partial charge in [0.1, 0.15) is 11.5 Å². The second kappa shape index (κ2) is 7.61. The molecular formula is C16H18N2O3S. The maximum atomic E-state index is 12.0. The molecule has 0 aliphatic rings. The van der Waals surface area contributed by atoms with Gasteiger partial charge in [0.25, 0.3) is 0 Å². The highest BCUT2D eigenvalue weighted by molar-refractivity contribution is 8.00. The molecule has 0 saturated carbocycles. The van der Waals surface area contributed by atoms with Crippen LogP contribution in [0.4, 0.5) is 11.4 Å². The van der Waals surface area contributed by atoms with Gasteiger partial charge in [-0.3, -0.25) is 4.79 Å². The van der Waals surface area contributed by atoms with Crippen molar-refractivity contribution >= 4 is 29.0 Å². The molecule has 116 valence electrons. The van der Waals surface area contributed by atoms with Crippen LogP contribution >= 0.6 is 11.8 Å². The average molecular weight is 318 g/mol. The summed E-state index contributed by atoms with van der Waals surface area (Å²) in [6.45, 7) is 0. The van der Waals surface area contributed by atoms with Crippen molar-refractivity contribution in [3.8, 4) is 11.5 Å². The minimum Gasteiger partial charge on any atom is -0.497 e. The lowest BCUT2D eigenvalue weighted by Gasteiger charge is -2.10. The van der Waals surface area contributed by atoms with E-state index in [1.165, 1.54) is 11.8 Å². The van der Waals surface area contributed by atoms with Crippen LogP contribution in [0.5, 0.6) is 11.5 Å². The molecule has 2 aromatic rings. The Kier molecular flexibility index (Phi) is 5.55. The Balaban J connectivity index is 1.95. The lowest BCUT2D eigenvalue weighted by Crippen LogP contribution is -2.14. The topological polar surface area (TPSA) is 73.6 Å². The number of hydrogen-bond acceptors (Lipinski definition) is 5. The standard InChI is InChI=1S/C16H18N2O3S/c1-20-13-7-12(8-14(9-13)21-2)18-16(19)10-22-15-5-3-11(17)4-6-15/h3-9H,10,17H2,1-2H3,(H,18,19). The maximum Gasteiger partial charge on any atom is 0.234 e. The summed E-state index contributed by atoms with van der Waals surface area (Å²) in [6.07, 6.45) is 0. The predicted molar refractivity (Wildman–Crippen MR) is 89.8 cm³/mol. The van der Waals surface area contributed by atoms with Gasteiger partial charge in [-0.1, -0.05) is 0 Å². The number of nitrogens with one attached hydrogen (secondary N) is 1. The molecule has 0 bridgehead atoms. The first-order valence-electron chi connectivity index (χ1n) is 6.62. The molecule has 0 spiro atoms. The van der Waals surface area contributed by atoms with Crippen molar-refractivity contribution in [3.63, 3.8) is 0 Å². The third-order valence-corrected chi connectivity index (χ3v) is 3.90. The van der Waals surface area contributed by atoms with Crippen LogP contribution in [0.1, 0.15) is 0 Å². The van der Waals surface area contributed by atoms with E-state index in [1.54, 1.807) is 32.4 Å². The van der Waals surface area contributed by atoms with Gasteiger partial charge in [-0.2, -0.15) is 0 Å². The molecule has 0 aromatic heterocycles. The molecule has 0 aliphatic carbocycles. The van der Waals surface area contributed by atoms with Crippen molar-refractivity contribution in [1.29, 1.82) is 0 Å². The Morgan fingerprint density at radius 1 is 1.09 bits per heavy atom. The molecule has 0 unspecified atom stereocenters. The highest BCUT2D eigenvalue weighted by Crippen LogP contribution is 2.26. The molecule has 0 heterocycles. The first-order chi connectivity index (χ1) is 10.6. The lowest BCUT2D eigenvalue weighted by molar-refractivity contribution is -0.113. The summed E-state index contributed by atoms with van der Waals surface area (Å²) in [5.74, 6) is 1.46. The third kappa shape index (κ3) is 4.60. The van der Waals surface area contributed by atoms with Crippen LogP contribution in [-0.2, 0) is 4.79 Å². The summed E-state index contributed by atoms with van der Waals surface area (Å²) < 4.78 is 10.3. The fraction of sp³-hybridized carbons (Fsp3) is 0.188. The summed E-state index contributed by atoms with van der Waals surface area (Å²) >= 11 is 1.45. The first-order valence-corrected chi connectivity index (χ1v) is 7.60. The number of benzene rings is 2. The van der Waals surface area contributed by atoms with Gasteiger partial charge in [0.2, 0.25) is 5.91 Å². The summed E-state index contributed by atoms with van der Waals surface area (Å²) in [4.78, 5) is 13.0. The van der Waals surface area contributed by atoms with Crippen LogP contribution < -0.4 is 20.5 Å². The highest BCUT2D eigenvalue weighted by atomic mass is 32.2. The van der Waals surface area contributed by atoms with Crippen molar-refractivity contribution in [1.82, 2.24) is 0 Å². The zero-order chi connectivity index (χ0) is 15.9. The van der Waals surface area contributed by atoms with Crippen LogP contribution in [0, 0.1) is 0 Å². The zero-order valence-electron chi connectivity index (χ0n) is 12.5. The monoisotopic (exact) mass is 318 g/mol. The van der Waals surface area contributed by atoms with E-state index in [2.05, 4.69) is 5.32 Å². The molecule has 0 fully saturated rings. The van der Waals surface area contributed by atoms with Crippen LogP contribution in [0.15, 0.2) is 47.4 Å². The fourth-order valence-corrected chi connectivity index (χ4v) is 2.49. The smallest absolute Gasteiger partial charge is 0.234 e. The van der Waals surface area contributed by atoms with Crippen molar-refractivity contribution in [3.05, 3.63) is 42.5 Å². The van der Waals surface area contributed by atoms with E-state index in [-0.39, 0.29) is 5.91 Å². The van der Waals surface area contributed by atoms with Gasteiger partial charge < -0.3 is 20.5 Å². The van der Waals surface area contributed by atoms with Gasteiger partial charge in [-0.05, 0) is 24.3 Å². The van der Waals surface area contributed by atoms with Crippen LogP contribution in [0.2, 0.25) is 0 Å². The Bertz CT molecular complexity index is 622. The summed E-state index contributed by atoms with van der Waals surface area (Å²) in [6, 6.07) is 12.6.